The van der Waals surface area contributed by atoms with Gasteiger partial charge in [0.25, 0.3) is 0 Å². The number of rotatable bonds is 4. The first kappa shape index (κ1) is 21.4. The van der Waals surface area contributed by atoms with Crippen LogP contribution in [0.5, 0.6) is 0 Å². The molecule has 7 heteroatoms. The number of nitrogens with one attached hydrogen (secondary N) is 1. The molecule has 1 atom stereocenters. The van der Waals surface area contributed by atoms with Crippen LogP contribution in [0.2, 0.25) is 0 Å². The fraction of sp³-hybridized carbons (Fsp3) is 0.238. The van der Waals surface area contributed by atoms with Crippen LogP contribution >= 0.6 is 0 Å². The molecule has 0 radical (unpaired) electrons. The number of fused-ring (bicyclic) bond motifs is 1. The molecule has 0 saturated carbocycles. The number of allylic oxidation sites excluding steroid dienone is 1. The van der Waals surface area contributed by atoms with Gasteiger partial charge in [-0.15, -0.1) is 0 Å². The Morgan fingerprint density at radius 3 is 2.29 bits per heavy atom. The molecule has 1 aliphatic rings. The molecule has 2 aromatic rings. The second-order valence-corrected chi connectivity index (χ2v) is 6.18. The molecule has 2 aromatic carbocycles. The van der Waals surface area contributed by atoms with E-state index in [1.165, 1.54) is 18.2 Å². The van der Waals surface area contributed by atoms with E-state index in [2.05, 4.69) is 11.9 Å². The standard InChI is InChI=1S/C18H17F3N2O.C3H4O/c1-22-14-9-16-12(11-24)3-2-4-17(16)23(10-14)15-7-5-13(6-8-15)18(19,20)21;1-2-3-4/h2-8,11,14,22H,9-10H2,1H3;2-3H,1H2. The summed E-state index contributed by atoms with van der Waals surface area (Å²) in [5.41, 5.74) is 2.40. The predicted octanol–water partition coefficient (Wildman–Crippen LogP) is 4.17. The zero-order valence-electron chi connectivity index (χ0n) is 15.4. The highest BCUT2D eigenvalue weighted by atomic mass is 19.4. The topological polar surface area (TPSA) is 49.4 Å². The number of nitrogens with zero attached hydrogens (tertiary/aromatic N) is 1. The first-order valence-corrected chi connectivity index (χ1v) is 8.61. The van der Waals surface area contributed by atoms with Crippen molar-refractivity contribution in [1.29, 1.82) is 0 Å². The quantitative estimate of drug-likeness (QED) is 0.629. The molecule has 148 valence electrons. The summed E-state index contributed by atoms with van der Waals surface area (Å²) in [7, 11) is 1.84. The van der Waals surface area contributed by atoms with Crippen molar-refractivity contribution >= 4 is 23.9 Å². The van der Waals surface area contributed by atoms with E-state index in [1.54, 1.807) is 12.1 Å². The second kappa shape index (κ2) is 9.32. The average Bonchev–Trinajstić information content (AvgIpc) is 2.72. The number of alkyl halides is 3. The lowest BCUT2D eigenvalue weighted by Crippen LogP contribution is -2.43. The number of hydrogen-bond acceptors (Lipinski definition) is 4. The monoisotopic (exact) mass is 390 g/mol. The Morgan fingerprint density at radius 1 is 1.14 bits per heavy atom. The van der Waals surface area contributed by atoms with Gasteiger partial charge < -0.3 is 10.2 Å². The largest absolute Gasteiger partial charge is 0.416 e. The summed E-state index contributed by atoms with van der Waals surface area (Å²) >= 11 is 0. The van der Waals surface area contributed by atoms with Crippen LogP contribution in [0.15, 0.2) is 55.1 Å². The van der Waals surface area contributed by atoms with Crippen LogP contribution < -0.4 is 10.2 Å². The summed E-state index contributed by atoms with van der Waals surface area (Å²) in [5.74, 6) is 0. The fourth-order valence-electron chi connectivity index (χ4n) is 3.08. The van der Waals surface area contributed by atoms with Gasteiger partial charge in [0.2, 0.25) is 0 Å². The molecule has 0 spiro atoms. The van der Waals surface area contributed by atoms with E-state index in [0.717, 1.165) is 29.7 Å². The SMILES string of the molecule is C=CC=O.CNC1Cc2c(C=O)cccc2N(c2ccc(C(F)(F)F)cc2)C1. The van der Waals surface area contributed by atoms with E-state index in [9.17, 15) is 18.0 Å². The molecule has 1 N–H and O–H groups in total. The van der Waals surface area contributed by atoms with Crippen molar-refractivity contribution in [2.75, 3.05) is 18.5 Å². The van der Waals surface area contributed by atoms with Crippen molar-refractivity contribution in [1.82, 2.24) is 5.32 Å². The van der Waals surface area contributed by atoms with Gasteiger partial charge in [0.1, 0.15) is 12.6 Å². The lowest BCUT2D eigenvalue weighted by atomic mass is 9.93. The van der Waals surface area contributed by atoms with Crippen molar-refractivity contribution in [3.63, 3.8) is 0 Å². The normalized spacial score (nSPS) is 15.7. The number of halogens is 3. The molecule has 0 bridgehead atoms. The van der Waals surface area contributed by atoms with Crippen LogP contribution in [0.25, 0.3) is 0 Å². The Morgan fingerprint density at radius 2 is 1.79 bits per heavy atom. The van der Waals surface area contributed by atoms with Gasteiger partial charge in [-0.2, -0.15) is 13.2 Å². The van der Waals surface area contributed by atoms with Crippen LogP contribution in [-0.2, 0) is 17.4 Å². The summed E-state index contributed by atoms with van der Waals surface area (Å²) in [4.78, 5) is 22.3. The smallest absolute Gasteiger partial charge is 0.340 e. The van der Waals surface area contributed by atoms with Gasteiger partial charge in [-0.3, -0.25) is 9.59 Å². The molecule has 3 rings (SSSR count). The number of likely N-dealkylation sites (N-methyl/N-ethyl adjacent to an activating group) is 1. The number of anilines is 2. The first-order chi connectivity index (χ1) is 13.3. The Hall–Kier alpha value is -2.93. The zero-order valence-corrected chi connectivity index (χ0v) is 15.4. The molecule has 1 aliphatic heterocycles. The van der Waals surface area contributed by atoms with E-state index in [-0.39, 0.29) is 6.04 Å². The van der Waals surface area contributed by atoms with E-state index in [1.807, 2.05) is 18.0 Å². The van der Waals surface area contributed by atoms with E-state index in [4.69, 9.17) is 4.79 Å². The van der Waals surface area contributed by atoms with Crippen LogP contribution in [0.1, 0.15) is 21.5 Å². The van der Waals surface area contributed by atoms with Crippen LogP contribution in [-0.4, -0.2) is 32.2 Å². The summed E-state index contributed by atoms with van der Waals surface area (Å²) < 4.78 is 38.3. The van der Waals surface area contributed by atoms with Crippen LogP contribution in [0.3, 0.4) is 0 Å². The molecule has 28 heavy (non-hydrogen) atoms. The lowest BCUT2D eigenvalue weighted by Gasteiger charge is -2.36. The number of carbonyl (C=O) groups is 2. The van der Waals surface area contributed by atoms with Crippen molar-refractivity contribution < 1.29 is 22.8 Å². The minimum atomic E-state index is -4.35. The van der Waals surface area contributed by atoms with E-state index in [0.29, 0.717) is 30.5 Å². The van der Waals surface area contributed by atoms with Gasteiger partial charge in [0.15, 0.2) is 0 Å². The summed E-state index contributed by atoms with van der Waals surface area (Å²) in [5, 5.41) is 3.19. The first-order valence-electron chi connectivity index (χ1n) is 8.61. The molecule has 4 nitrogen and oxygen atoms in total. The minimum Gasteiger partial charge on any atom is -0.340 e. The predicted molar refractivity (Wildman–Crippen MR) is 103 cm³/mol. The third-order valence-electron chi connectivity index (χ3n) is 4.47. The molecule has 1 unspecified atom stereocenters. The fourth-order valence-corrected chi connectivity index (χ4v) is 3.08. The maximum atomic E-state index is 12.8. The summed E-state index contributed by atoms with van der Waals surface area (Å²) in [6.07, 6.45) is -0.990. The van der Waals surface area contributed by atoms with Crippen LogP contribution in [0, 0.1) is 0 Å². The molecule has 0 aliphatic carbocycles. The van der Waals surface area contributed by atoms with Gasteiger partial charge >= 0.3 is 6.18 Å². The molecule has 0 amide bonds. The van der Waals surface area contributed by atoms with Gasteiger partial charge in [0, 0.05) is 29.5 Å². The Balaban J connectivity index is 0.000000640. The lowest BCUT2D eigenvalue weighted by molar-refractivity contribution is -0.137. The van der Waals surface area contributed by atoms with Gasteiger partial charge in [0.05, 0.1) is 5.56 Å². The third-order valence-corrected chi connectivity index (χ3v) is 4.47. The molecular weight excluding hydrogens is 369 g/mol. The molecule has 0 aromatic heterocycles. The molecule has 1 heterocycles. The van der Waals surface area contributed by atoms with Gasteiger partial charge in [-0.1, -0.05) is 18.7 Å². The maximum absolute atomic E-state index is 12.8. The number of hydrogen-bond donors (Lipinski definition) is 1. The Bertz CT molecular complexity index is 827. The minimum absolute atomic E-state index is 0.112. The molecule has 0 fully saturated rings. The van der Waals surface area contributed by atoms with E-state index < -0.39 is 11.7 Å². The highest BCUT2D eigenvalue weighted by molar-refractivity contribution is 5.83. The second-order valence-electron chi connectivity index (χ2n) is 6.18. The van der Waals surface area contributed by atoms with Gasteiger partial charge in [-0.25, -0.2) is 0 Å². The third kappa shape index (κ3) is 4.86. The summed E-state index contributed by atoms with van der Waals surface area (Å²) in [6.45, 7) is 3.73. The van der Waals surface area contributed by atoms with Crippen molar-refractivity contribution in [2.24, 2.45) is 0 Å². The van der Waals surface area contributed by atoms with Gasteiger partial charge in [-0.05, 0) is 55.4 Å². The highest BCUT2D eigenvalue weighted by Crippen LogP contribution is 2.36. The summed E-state index contributed by atoms with van der Waals surface area (Å²) in [6, 6.07) is 10.7. The zero-order chi connectivity index (χ0) is 20.7. The molecule has 0 saturated heterocycles. The van der Waals surface area contributed by atoms with Crippen molar-refractivity contribution in [3.8, 4) is 0 Å². The number of benzene rings is 2. The van der Waals surface area contributed by atoms with Crippen molar-refractivity contribution in [2.45, 2.75) is 18.6 Å². The Labute approximate surface area is 161 Å². The average molecular weight is 390 g/mol. The number of aldehydes is 2. The maximum Gasteiger partial charge on any atom is 0.416 e. The molecular formula is C21H21F3N2O2. The van der Waals surface area contributed by atoms with Crippen LogP contribution in [0.4, 0.5) is 24.5 Å². The highest BCUT2D eigenvalue weighted by Gasteiger charge is 2.31. The number of carbonyl (C=O) groups excluding carboxylic acids is 2. The Kier molecular flexibility index (Phi) is 7.12. The van der Waals surface area contributed by atoms with E-state index >= 15 is 0 Å². The van der Waals surface area contributed by atoms with Crippen molar-refractivity contribution in [3.05, 3.63) is 71.8 Å².